The van der Waals surface area contributed by atoms with Gasteiger partial charge in [0.1, 0.15) is 5.92 Å². The molecule has 0 unspecified atom stereocenters. The summed E-state index contributed by atoms with van der Waals surface area (Å²) in [6, 6.07) is 9.65. The fourth-order valence-electron chi connectivity index (χ4n) is 2.40. The first-order chi connectivity index (χ1) is 8.65. The van der Waals surface area contributed by atoms with Gasteiger partial charge in [-0.2, -0.15) is 0 Å². The van der Waals surface area contributed by atoms with Crippen molar-refractivity contribution in [3.8, 4) is 0 Å². The van der Waals surface area contributed by atoms with E-state index < -0.39 is 11.9 Å². The number of amides is 1. The number of rotatable bonds is 3. The molecule has 1 saturated heterocycles. The summed E-state index contributed by atoms with van der Waals surface area (Å²) in [5.74, 6) is -1.37. The Labute approximate surface area is 107 Å². The van der Waals surface area contributed by atoms with Crippen molar-refractivity contribution < 1.29 is 14.3 Å². The molecule has 0 saturated carbocycles. The molecule has 1 aliphatic rings. The number of esters is 1. The van der Waals surface area contributed by atoms with E-state index >= 15 is 0 Å². The van der Waals surface area contributed by atoms with E-state index in [-0.39, 0.29) is 11.8 Å². The lowest BCUT2D eigenvalue weighted by atomic mass is 9.89. The van der Waals surface area contributed by atoms with Crippen molar-refractivity contribution in [2.24, 2.45) is 5.92 Å². The maximum absolute atomic E-state index is 12.0. The molecule has 1 aromatic rings. The second-order valence-corrected chi connectivity index (χ2v) is 4.47. The lowest BCUT2D eigenvalue weighted by Crippen LogP contribution is -2.29. The zero-order chi connectivity index (χ0) is 13.1. The van der Waals surface area contributed by atoms with Gasteiger partial charge in [0, 0.05) is 19.5 Å². The summed E-state index contributed by atoms with van der Waals surface area (Å²) < 4.78 is 5.01. The maximum atomic E-state index is 12.0. The van der Waals surface area contributed by atoms with E-state index in [9.17, 15) is 9.59 Å². The molecule has 1 fully saturated rings. The predicted molar refractivity (Wildman–Crippen MR) is 66.9 cm³/mol. The van der Waals surface area contributed by atoms with Crippen molar-refractivity contribution in [2.45, 2.75) is 12.8 Å². The molecule has 1 aromatic carbocycles. The van der Waals surface area contributed by atoms with Crippen LogP contribution in [0.2, 0.25) is 0 Å². The van der Waals surface area contributed by atoms with Gasteiger partial charge in [-0.05, 0) is 12.5 Å². The Hall–Kier alpha value is -1.84. The van der Waals surface area contributed by atoms with Gasteiger partial charge in [0.05, 0.1) is 6.61 Å². The molecule has 2 atom stereocenters. The van der Waals surface area contributed by atoms with Crippen LogP contribution in [0.25, 0.3) is 0 Å². The summed E-state index contributed by atoms with van der Waals surface area (Å²) in [6.07, 6.45) is 0. The molecule has 0 bridgehead atoms. The van der Waals surface area contributed by atoms with E-state index in [1.807, 2.05) is 30.3 Å². The van der Waals surface area contributed by atoms with Crippen LogP contribution in [0.5, 0.6) is 0 Å². The standard InChI is InChI=1S/C14H17NO3/c1-3-18-14(17)12-11(9-15(2)13(12)16)10-7-5-4-6-8-10/h4-8,11-12H,3,9H2,1-2H3/t11-,12-/m0/s1. The molecule has 0 N–H and O–H groups in total. The number of carbonyl (C=O) groups is 2. The molecule has 0 aromatic heterocycles. The topological polar surface area (TPSA) is 46.6 Å². The van der Waals surface area contributed by atoms with Gasteiger partial charge in [-0.3, -0.25) is 9.59 Å². The number of hydrogen-bond donors (Lipinski definition) is 0. The SMILES string of the molecule is CCOC(=O)[C@@H]1C(=O)N(C)C[C@H]1c1ccccc1. The average molecular weight is 247 g/mol. The molecule has 0 spiro atoms. The Morgan fingerprint density at radius 1 is 1.39 bits per heavy atom. The third-order valence-corrected chi connectivity index (χ3v) is 3.28. The molecule has 18 heavy (non-hydrogen) atoms. The van der Waals surface area contributed by atoms with Gasteiger partial charge in [0.15, 0.2) is 0 Å². The summed E-state index contributed by atoms with van der Waals surface area (Å²) in [7, 11) is 1.72. The smallest absolute Gasteiger partial charge is 0.319 e. The number of carbonyl (C=O) groups excluding carboxylic acids is 2. The lowest BCUT2D eigenvalue weighted by molar-refractivity contribution is -0.152. The molecule has 2 rings (SSSR count). The van der Waals surface area contributed by atoms with Gasteiger partial charge in [-0.1, -0.05) is 30.3 Å². The molecule has 96 valence electrons. The molecule has 0 aliphatic carbocycles. The van der Waals surface area contributed by atoms with E-state index in [0.29, 0.717) is 13.2 Å². The minimum Gasteiger partial charge on any atom is -0.465 e. The van der Waals surface area contributed by atoms with E-state index in [2.05, 4.69) is 0 Å². The highest BCUT2D eigenvalue weighted by atomic mass is 16.5. The van der Waals surface area contributed by atoms with E-state index in [1.54, 1.807) is 18.9 Å². The Kier molecular flexibility index (Phi) is 3.65. The van der Waals surface area contributed by atoms with Gasteiger partial charge in [-0.15, -0.1) is 0 Å². The van der Waals surface area contributed by atoms with Crippen molar-refractivity contribution in [2.75, 3.05) is 20.2 Å². The molecule has 4 heteroatoms. The quantitative estimate of drug-likeness (QED) is 0.599. The Morgan fingerprint density at radius 2 is 2.06 bits per heavy atom. The van der Waals surface area contributed by atoms with Crippen LogP contribution in [0, 0.1) is 5.92 Å². The number of likely N-dealkylation sites (tertiary alicyclic amines) is 1. The summed E-state index contributed by atoms with van der Waals surface area (Å²) in [6.45, 7) is 2.61. The first-order valence-corrected chi connectivity index (χ1v) is 6.11. The highest BCUT2D eigenvalue weighted by molar-refractivity contribution is 6.00. The maximum Gasteiger partial charge on any atom is 0.319 e. The van der Waals surface area contributed by atoms with Crippen LogP contribution >= 0.6 is 0 Å². The fraction of sp³-hybridized carbons (Fsp3) is 0.429. The average Bonchev–Trinajstić information content (AvgIpc) is 2.67. The van der Waals surface area contributed by atoms with Gasteiger partial charge < -0.3 is 9.64 Å². The second kappa shape index (κ2) is 5.21. The highest BCUT2D eigenvalue weighted by Crippen LogP contribution is 2.33. The summed E-state index contributed by atoms with van der Waals surface area (Å²) in [5, 5.41) is 0. The van der Waals surface area contributed by atoms with Crippen molar-refractivity contribution in [3.05, 3.63) is 35.9 Å². The van der Waals surface area contributed by atoms with Crippen molar-refractivity contribution in [1.82, 2.24) is 4.90 Å². The minimum absolute atomic E-state index is 0.109. The van der Waals surface area contributed by atoms with Crippen LogP contribution < -0.4 is 0 Å². The predicted octanol–water partition coefficient (Wildman–Crippen LogP) is 1.42. The van der Waals surface area contributed by atoms with Crippen LogP contribution in [0.4, 0.5) is 0 Å². The van der Waals surface area contributed by atoms with E-state index in [1.165, 1.54) is 0 Å². The van der Waals surface area contributed by atoms with Gasteiger partial charge in [-0.25, -0.2) is 0 Å². The van der Waals surface area contributed by atoms with Gasteiger partial charge in [0.25, 0.3) is 0 Å². The van der Waals surface area contributed by atoms with E-state index in [0.717, 1.165) is 5.56 Å². The molecule has 1 heterocycles. The highest BCUT2D eigenvalue weighted by Gasteiger charge is 2.45. The Balaban J connectivity index is 2.28. The molecular formula is C14H17NO3. The molecular weight excluding hydrogens is 230 g/mol. The molecule has 0 radical (unpaired) electrons. The van der Waals surface area contributed by atoms with Crippen molar-refractivity contribution >= 4 is 11.9 Å². The number of nitrogens with zero attached hydrogens (tertiary/aromatic N) is 1. The van der Waals surface area contributed by atoms with E-state index in [4.69, 9.17) is 4.74 Å². The number of hydrogen-bond acceptors (Lipinski definition) is 3. The first-order valence-electron chi connectivity index (χ1n) is 6.11. The number of likely N-dealkylation sites (N-methyl/N-ethyl adjacent to an activating group) is 1. The van der Waals surface area contributed by atoms with Crippen LogP contribution in [0.1, 0.15) is 18.4 Å². The summed E-state index contributed by atoms with van der Waals surface area (Å²) >= 11 is 0. The minimum atomic E-state index is -0.697. The molecule has 4 nitrogen and oxygen atoms in total. The number of ether oxygens (including phenoxy) is 1. The Morgan fingerprint density at radius 3 is 2.67 bits per heavy atom. The normalized spacial score (nSPS) is 23.2. The molecule has 1 aliphatic heterocycles. The van der Waals surface area contributed by atoms with Crippen LogP contribution in [-0.2, 0) is 14.3 Å². The monoisotopic (exact) mass is 247 g/mol. The Bertz CT molecular complexity index is 444. The third-order valence-electron chi connectivity index (χ3n) is 3.28. The fourth-order valence-corrected chi connectivity index (χ4v) is 2.40. The van der Waals surface area contributed by atoms with Gasteiger partial charge in [0.2, 0.25) is 5.91 Å². The zero-order valence-electron chi connectivity index (χ0n) is 10.6. The lowest BCUT2D eigenvalue weighted by Gasteiger charge is -2.15. The van der Waals surface area contributed by atoms with Crippen LogP contribution in [0.15, 0.2) is 30.3 Å². The van der Waals surface area contributed by atoms with Crippen LogP contribution in [-0.4, -0.2) is 37.0 Å². The zero-order valence-corrected chi connectivity index (χ0v) is 10.6. The van der Waals surface area contributed by atoms with Crippen molar-refractivity contribution in [1.29, 1.82) is 0 Å². The summed E-state index contributed by atoms with van der Waals surface area (Å²) in [5.41, 5.74) is 1.01. The molecule has 1 amide bonds. The summed E-state index contributed by atoms with van der Waals surface area (Å²) in [4.78, 5) is 25.5. The second-order valence-electron chi connectivity index (χ2n) is 4.47. The van der Waals surface area contributed by atoms with Crippen molar-refractivity contribution in [3.63, 3.8) is 0 Å². The third kappa shape index (κ3) is 2.23. The van der Waals surface area contributed by atoms with Crippen LogP contribution in [0.3, 0.4) is 0 Å². The number of benzene rings is 1. The first kappa shape index (κ1) is 12.6. The van der Waals surface area contributed by atoms with Gasteiger partial charge >= 0.3 is 5.97 Å². The largest absolute Gasteiger partial charge is 0.465 e.